The van der Waals surface area contributed by atoms with E-state index >= 15 is 0 Å². The molecule has 1 unspecified atom stereocenters. The molecule has 0 bridgehead atoms. The van der Waals surface area contributed by atoms with Crippen molar-refractivity contribution in [2.75, 3.05) is 5.32 Å². The molecule has 0 amide bonds. The van der Waals surface area contributed by atoms with Crippen molar-refractivity contribution in [2.45, 2.75) is 25.2 Å². The highest BCUT2D eigenvalue weighted by molar-refractivity contribution is 5.35. The Hall–Kier alpha value is -1.99. The lowest BCUT2D eigenvalue weighted by molar-refractivity contribution is -0.140. The van der Waals surface area contributed by atoms with Crippen LogP contribution < -0.4 is 5.32 Å². The summed E-state index contributed by atoms with van der Waals surface area (Å²) < 4.78 is 41.0. The van der Waals surface area contributed by atoms with E-state index in [0.717, 1.165) is 11.9 Å². The van der Waals surface area contributed by atoms with Crippen LogP contribution in [0.1, 0.15) is 23.9 Å². The van der Waals surface area contributed by atoms with E-state index < -0.39 is 11.9 Å². The molecule has 1 aliphatic heterocycles. The molecule has 1 aliphatic rings. The number of fused-ring (bicyclic) bond motifs is 1. The number of aromatic nitrogens is 4. The van der Waals surface area contributed by atoms with Crippen molar-refractivity contribution in [3.05, 3.63) is 29.8 Å². The van der Waals surface area contributed by atoms with Crippen LogP contribution in [0.25, 0.3) is 0 Å². The monoisotopic (exact) mass is 271 g/mol. The van der Waals surface area contributed by atoms with Crippen molar-refractivity contribution in [1.82, 2.24) is 19.3 Å². The fourth-order valence-electron chi connectivity index (χ4n) is 2.28. The van der Waals surface area contributed by atoms with E-state index in [1.54, 1.807) is 17.9 Å². The highest BCUT2D eigenvalue weighted by Crippen LogP contribution is 2.33. The molecule has 8 heteroatoms. The number of aryl methyl sites for hydroxylation is 2. The van der Waals surface area contributed by atoms with Crippen molar-refractivity contribution in [3.63, 3.8) is 0 Å². The fraction of sp³-hybridized carbons (Fsp3) is 0.455. The maximum Gasteiger partial charge on any atom is 0.434 e. The highest BCUT2D eigenvalue weighted by Gasteiger charge is 2.36. The Balaban J connectivity index is 1.88. The minimum atomic E-state index is -4.41. The van der Waals surface area contributed by atoms with Crippen LogP contribution in [-0.4, -0.2) is 19.3 Å². The van der Waals surface area contributed by atoms with Gasteiger partial charge >= 0.3 is 6.18 Å². The molecule has 19 heavy (non-hydrogen) atoms. The molecule has 0 radical (unpaired) electrons. The number of anilines is 1. The van der Waals surface area contributed by atoms with Gasteiger partial charge in [-0.2, -0.15) is 18.3 Å². The molecule has 3 rings (SSSR count). The number of rotatable bonds is 1. The van der Waals surface area contributed by atoms with E-state index in [-0.39, 0.29) is 12.0 Å². The lowest BCUT2D eigenvalue weighted by Gasteiger charge is -2.25. The van der Waals surface area contributed by atoms with Crippen LogP contribution in [-0.2, 0) is 19.8 Å². The zero-order chi connectivity index (χ0) is 13.6. The number of hydrogen-bond acceptors (Lipinski definition) is 3. The van der Waals surface area contributed by atoms with Crippen molar-refractivity contribution >= 4 is 5.95 Å². The second-order valence-electron chi connectivity index (χ2n) is 4.51. The van der Waals surface area contributed by atoms with Crippen molar-refractivity contribution in [2.24, 2.45) is 7.05 Å². The van der Waals surface area contributed by atoms with Crippen LogP contribution in [0, 0.1) is 0 Å². The molecule has 0 aliphatic carbocycles. The van der Waals surface area contributed by atoms with E-state index in [2.05, 4.69) is 15.4 Å². The summed E-state index contributed by atoms with van der Waals surface area (Å²) in [4.78, 5) is 3.61. The molecule has 102 valence electrons. The van der Waals surface area contributed by atoms with E-state index in [1.807, 2.05) is 6.07 Å². The normalized spacial score (nSPS) is 19.1. The van der Waals surface area contributed by atoms with E-state index in [0.29, 0.717) is 13.0 Å². The van der Waals surface area contributed by atoms with Crippen LogP contribution in [0.2, 0.25) is 0 Å². The van der Waals surface area contributed by atoms with Crippen LogP contribution in [0.5, 0.6) is 0 Å². The second kappa shape index (κ2) is 4.01. The Morgan fingerprint density at radius 1 is 1.42 bits per heavy atom. The first kappa shape index (κ1) is 12.1. The second-order valence-corrected chi connectivity index (χ2v) is 4.51. The number of alkyl halides is 3. The number of imidazole rings is 1. The van der Waals surface area contributed by atoms with E-state index in [1.165, 1.54) is 4.57 Å². The third kappa shape index (κ3) is 2.06. The number of hydrogen-bond donors (Lipinski definition) is 1. The standard InChI is InChI=1S/C11H12F3N5/c1-18-8(2-4-15-18)7-3-5-19-6-9(11(12,13)14)17-10(19)16-7/h2,4,6-7H,3,5H2,1H3,(H,16,17). The Morgan fingerprint density at radius 2 is 2.21 bits per heavy atom. The van der Waals surface area contributed by atoms with Crippen LogP contribution in [0.15, 0.2) is 18.5 Å². The summed E-state index contributed by atoms with van der Waals surface area (Å²) in [5, 5.41) is 7.09. The van der Waals surface area contributed by atoms with Gasteiger partial charge in [-0.05, 0) is 12.5 Å². The Bertz CT molecular complexity index is 598. The predicted octanol–water partition coefficient (Wildman–Crippen LogP) is 2.19. The fourth-order valence-corrected chi connectivity index (χ4v) is 2.28. The molecule has 2 aromatic heterocycles. The summed E-state index contributed by atoms with van der Waals surface area (Å²) in [7, 11) is 1.80. The van der Waals surface area contributed by atoms with Gasteiger partial charge < -0.3 is 9.88 Å². The Labute approximate surface area is 107 Å². The number of halogens is 3. The van der Waals surface area contributed by atoms with Gasteiger partial charge in [0.05, 0.1) is 11.7 Å². The topological polar surface area (TPSA) is 47.7 Å². The van der Waals surface area contributed by atoms with Crippen molar-refractivity contribution in [1.29, 1.82) is 0 Å². The summed E-state index contributed by atoms with van der Waals surface area (Å²) in [5.41, 5.74) is 0.0727. The average Bonchev–Trinajstić information content (AvgIpc) is 2.92. The summed E-state index contributed by atoms with van der Waals surface area (Å²) in [6.45, 7) is 0.501. The van der Waals surface area contributed by atoms with Gasteiger partial charge in [-0.25, -0.2) is 4.98 Å². The molecule has 0 saturated heterocycles. The van der Waals surface area contributed by atoms with Gasteiger partial charge in [0.2, 0.25) is 5.95 Å². The van der Waals surface area contributed by atoms with Gasteiger partial charge in [0, 0.05) is 26.0 Å². The third-order valence-corrected chi connectivity index (χ3v) is 3.24. The molecule has 1 N–H and O–H groups in total. The number of nitrogens with one attached hydrogen (secondary N) is 1. The van der Waals surface area contributed by atoms with Crippen LogP contribution in [0.3, 0.4) is 0 Å². The minimum absolute atomic E-state index is 0.0662. The van der Waals surface area contributed by atoms with Gasteiger partial charge in [0.25, 0.3) is 0 Å². The van der Waals surface area contributed by atoms with Gasteiger partial charge in [-0.1, -0.05) is 0 Å². The maximum absolute atomic E-state index is 12.6. The van der Waals surface area contributed by atoms with Crippen molar-refractivity contribution < 1.29 is 13.2 Å². The molecule has 0 fully saturated rings. The lowest BCUT2D eigenvalue weighted by Crippen LogP contribution is -2.23. The zero-order valence-electron chi connectivity index (χ0n) is 10.1. The lowest BCUT2D eigenvalue weighted by atomic mass is 10.1. The molecule has 0 spiro atoms. The predicted molar refractivity (Wildman–Crippen MR) is 61.4 cm³/mol. The van der Waals surface area contributed by atoms with Gasteiger partial charge in [0.1, 0.15) is 0 Å². The molecule has 0 saturated carbocycles. The number of nitrogens with zero attached hydrogens (tertiary/aromatic N) is 4. The van der Waals surface area contributed by atoms with E-state index in [4.69, 9.17) is 0 Å². The van der Waals surface area contributed by atoms with Crippen LogP contribution in [0.4, 0.5) is 19.1 Å². The SMILES string of the molecule is Cn1nccc1C1CCn2cc(C(F)(F)F)nc2N1. The van der Waals surface area contributed by atoms with E-state index in [9.17, 15) is 13.2 Å². The van der Waals surface area contributed by atoms with Gasteiger partial charge in [0.15, 0.2) is 5.69 Å². The smallest absolute Gasteiger partial charge is 0.347 e. The third-order valence-electron chi connectivity index (χ3n) is 3.24. The highest BCUT2D eigenvalue weighted by atomic mass is 19.4. The van der Waals surface area contributed by atoms with Gasteiger partial charge in [-0.3, -0.25) is 4.68 Å². The average molecular weight is 271 g/mol. The summed E-state index contributed by atoms with van der Waals surface area (Å²) in [6, 6.07) is 1.78. The summed E-state index contributed by atoms with van der Waals surface area (Å²) in [5.74, 6) is 0.254. The quantitative estimate of drug-likeness (QED) is 0.865. The molecule has 5 nitrogen and oxygen atoms in total. The maximum atomic E-state index is 12.6. The zero-order valence-corrected chi connectivity index (χ0v) is 10.1. The summed E-state index contributed by atoms with van der Waals surface area (Å²) >= 11 is 0. The summed E-state index contributed by atoms with van der Waals surface area (Å²) in [6.07, 6.45) is -1.00. The Kier molecular flexibility index (Phi) is 2.54. The first-order valence-electron chi connectivity index (χ1n) is 5.84. The minimum Gasteiger partial charge on any atom is -0.347 e. The van der Waals surface area contributed by atoms with Gasteiger partial charge in [-0.15, -0.1) is 0 Å². The first-order chi connectivity index (χ1) is 8.95. The molecule has 2 aromatic rings. The van der Waals surface area contributed by atoms with Crippen molar-refractivity contribution in [3.8, 4) is 0 Å². The Morgan fingerprint density at radius 3 is 2.84 bits per heavy atom. The molecule has 1 atom stereocenters. The first-order valence-corrected chi connectivity index (χ1v) is 5.84. The molecular formula is C11H12F3N5. The largest absolute Gasteiger partial charge is 0.434 e. The molecule has 3 heterocycles. The molecule has 0 aromatic carbocycles. The van der Waals surface area contributed by atoms with Crippen LogP contribution >= 0.6 is 0 Å². The molecular weight excluding hydrogens is 259 g/mol.